The van der Waals surface area contributed by atoms with Crippen molar-refractivity contribution in [2.45, 2.75) is 25.6 Å². The van der Waals surface area contributed by atoms with E-state index in [0.717, 1.165) is 24.1 Å². The third kappa shape index (κ3) is 3.94. The van der Waals surface area contributed by atoms with E-state index in [2.05, 4.69) is 5.32 Å². The highest BCUT2D eigenvalue weighted by Crippen LogP contribution is 2.15. The molecule has 0 saturated carbocycles. The second-order valence-electron chi connectivity index (χ2n) is 4.81. The van der Waals surface area contributed by atoms with Crippen LogP contribution in [0.3, 0.4) is 0 Å². The molecule has 1 atom stereocenters. The van der Waals surface area contributed by atoms with Gasteiger partial charge in [0.1, 0.15) is 0 Å². The summed E-state index contributed by atoms with van der Waals surface area (Å²) in [5.74, 6) is 0. The molecule has 0 aliphatic carbocycles. The summed E-state index contributed by atoms with van der Waals surface area (Å²) in [5, 5.41) is 12.4. The summed E-state index contributed by atoms with van der Waals surface area (Å²) in [4.78, 5) is 13.7. The van der Waals surface area contributed by atoms with E-state index in [1.54, 1.807) is 12.0 Å². The lowest BCUT2D eigenvalue weighted by molar-refractivity contribution is 0.0883. The summed E-state index contributed by atoms with van der Waals surface area (Å²) in [6, 6.07) is 7.41. The fourth-order valence-corrected chi connectivity index (χ4v) is 2.25. The molecule has 0 bridgehead atoms. The van der Waals surface area contributed by atoms with Gasteiger partial charge in [-0.2, -0.15) is 0 Å². The van der Waals surface area contributed by atoms with E-state index in [4.69, 9.17) is 4.74 Å². The fourth-order valence-electron chi connectivity index (χ4n) is 2.25. The smallest absolute Gasteiger partial charge is 0.321 e. The normalized spacial score (nSPS) is 19.3. The predicted molar refractivity (Wildman–Crippen MR) is 73.0 cm³/mol. The number of anilines is 1. The Balaban J connectivity index is 1.96. The first-order chi connectivity index (χ1) is 9.19. The molecular weight excluding hydrogens is 244 g/mol. The Morgan fingerprint density at radius 1 is 1.58 bits per heavy atom. The number of carbonyl (C=O) groups is 1. The van der Waals surface area contributed by atoms with Gasteiger partial charge in [-0.15, -0.1) is 0 Å². The number of nitrogens with zero attached hydrogens (tertiary/aromatic N) is 1. The molecule has 1 aliphatic rings. The molecule has 1 heterocycles. The van der Waals surface area contributed by atoms with Gasteiger partial charge in [-0.05, 0) is 30.5 Å². The van der Waals surface area contributed by atoms with Gasteiger partial charge in [0.05, 0.1) is 12.7 Å². The Morgan fingerprint density at radius 2 is 2.42 bits per heavy atom. The summed E-state index contributed by atoms with van der Waals surface area (Å²) in [7, 11) is 1.64. The van der Waals surface area contributed by atoms with Crippen LogP contribution in [0.2, 0.25) is 0 Å². The number of β-amino-alcohol motifs (C(OH)–C–C–N with tert-alkyl or cyclic N) is 1. The zero-order valence-corrected chi connectivity index (χ0v) is 11.1. The molecule has 104 valence electrons. The standard InChI is InChI=1S/C14H20N2O3/c1-19-10-11-4-2-5-12(8-11)15-14(18)16-7-3-6-13(17)9-16/h2,4-5,8,13,17H,3,6-7,9-10H2,1H3,(H,15,18)/t13-/m1/s1. The number of aliphatic hydroxyl groups excluding tert-OH is 1. The van der Waals surface area contributed by atoms with E-state index >= 15 is 0 Å². The number of urea groups is 1. The number of piperidine rings is 1. The molecule has 0 aromatic heterocycles. The molecule has 0 radical (unpaired) electrons. The molecule has 0 spiro atoms. The van der Waals surface area contributed by atoms with Crippen LogP contribution in [-0.2, 0) is 11.3 Å². The van der Waals surface area contributed by atoms with Crippen LogP contribution in [0.1, 0.15) is 18.4 Å². The van der Waals surface area contributed by atoms with Gasteiger partial charge >= 0.3 is 6.03 Å². The number of nitrogens with one attached hydrogen (secondary N) is 1. The summed E-state index contributed by atoms with van der Waals surface area (Å²) in [6.45, 7) is 1.62. The van der Waals surface area contributed by atoms with Gasteiger partial charge < -0.3 is 20.1 Å². The van der Waals surface area contributed by atoms with Crippen molar-refractivity contribution in [1.82, 2.24) is 4.90 Å². The number of methoxy groups -OCH3 is 1. The lowest BCUT2D eigenvalue weighted by atomic mass is 10.1. The minimum Gasteiger partial charge on any atom is -0.391 e. The third-order valence-corrected chi connectivity index (χ3v) is 3.17. The molecule has 19 heavy (non-hydrogen) atoms. The third-order valence-electron chi connectivity index (χ3n) is 3.17. The van der Waals surface area contributed by atoms with Crippen molar-refractivity contribution in [2.24, 2.45) is 0 Å². The molecule has 1 aliphatic heterocycles. The van der Waals surface area contributed by atoms with E-state index in [0.29, 0.717) is 19.7 Å². The molecule has 0 unspecified atom stereocenters. The number of rotatable bonds is 3. The van der Waals surface area contributed by atoms with Crippen LogP contribution in [0.4, 0.5) is 10.5 Å². The van der Waals surface area contributed by atoms with Crippen LogP contribution in [-0.4, -0.2) is 42.3 Å². The lowest BCUT2D eigenvalue weighted by Crippen LogP contribution is -2.44. The first kappa shape index (κ1) is 13.8. The molecular formula is C14H20N2O3. The largest absolute Gasteiger partial charge is 0.391 e. The minimum absolute atomic E-state index is 0.159. The summed E-state index contributed by atoms with van der Waals surface area (Å²) in [6.07, 6.45) is 1.21. The van der Waals surface area contributed by atoms with E-state index in [1.807, 2.05) is 24.3 Å². The number of likely N-dealkylation sites (tertiary alicyclic amines) is 1. The van der Waals surface area contributed by atoms with Gasteiger partial charge in [-0.3, -0.25) is 0 Å². The second-order valence-corrected chi connectivity index (χ2v) is 4.81. The van der Waals surface area contributed by atoms with Gasteiger partial charge in [0.15, 0.2) is 0 Å². The van der Waals surface area contributed by atoms with Crippen LogP contribution < -0.4 is 5.32 Å². The number of benzene rings is 1. The Labute approximate surface area is 113 Å². The number of carbonyl (C=O) groups excluding carboxylic acids is 1. The molecule has 5 heteroatoms. The summed E-state index contributed by atoms with van der Waals surface area (Å²) < 4.78 is 5.06. The Bertz CT molecular complexity index is 436. The van der Waals surface area contributed by atoms with Gasteiger partial charge in [-0.1, -0.05) is 12.1 Å². The SMILES string of the molecule is COCc1cccc(NC(=O)N2CCC[C@@H](O)C2)c1. The quantitative estimate of drug-likeness (QED) is 0.875. The zero-order chi connectivity index (χ0) is 13.7. The molecule has 1 aromatic carbocycles. The average molecular weight is 264 g/mol. The average Bonchev–Trinajstić information content (AvgIpc) is 2.39. The highest BCUT2D eigenvalue weighted by atomic mass is 16.5. The van der Waals surface area contributed by atoms with Crippen LogP contribution in [0.5, 0.6) is 0 Å². The van der Waals surface area contributed by atoms with E-state index in [1.165, 1.54) is 0 Å². The number of hydrogen-bond donors (Lipinski definition) is 2. The van der Waals surface area contributed by atoms with Gasteiger partial charge in [0.25, 0.3) is 0 Å². The molecule has 1 fully saturated rings. The maximum absolute atomic E-state index is 12.1. The highest BCUT2D eigenvalue weighted by molar-refractivity contribution is 5.89. The Morgan fingerprint density at radius 3 is 3.16 bits per heavy atom. The van der Waals surface area contributed by atoms with Crippen LogP contribution in [0.15, 0.2) is 24.3 Å². The number of hydrogen-bond acceptors (Lipinski definition) is 3. The maximum atomic E-state index is 12.1. The molecule has 2 rings (SSSR count). The van der Waals surface area contributed by atoms with E-state index in [-0.39, 0.29) is 6.03 Å². The van der Waals surface area contributed by atoms with Crippen LogP contribution >= 0.6 is 0 Å². The van der Waals surface area contributed by atoms with Crippen molar-refractivity contribution in [3.63, 3.8) is 0 Å². The maximum Gasteiger partial charge on any atom is 0.321 e. The first-order valence-corrected chi connectivity index (χ1v) is 6.51. The summed E-state index contributed by atoms with van der Waals surface area (Å²) >= 11 is 0. The van der Waals surface area contributed by atoms with Crippen LogP contribution in [0, 0.1) is 0 Å². The molecule has 5 nitrogen and oxygen atoms in total. The number of amides is 2. The zero-order valence-electron chi connectivity index (χ0n) is 11.1. The first-order valence-electron chi connectivity index (χ1n) is 6.51. The second kappa shape index (κ2) is 6.54. The van der Waals surface area contributed by atoms with Crippen molar-refractivity contribution in [1.29, 1.82) is 0 Å². The van der Waals surface area contributed by atoms with E-state index in [9.17, 15) is 9.90 Å². The Hall–Kier alpha value is -1.59. The van der Waals surface area contributed by atoms with Crippen molar-refractivity contribution < 1.29 is 14.6 Å². The van der Waals surface area contributed by atoms with Crippen molar-refractivity contribution in [3.05, 3.63) is 29.8 Å². The van der Waals surface area contributed by atoms with Crippen LogP contribution in [0.25, 0.3) is 0 Å². The molecule has 1 saturated heterocycles. The molecule has 2 amide bonds. The van der Waals surface area contributed by atoms with Gasteiger partial charge in [-0.25, -0.2) is 4.79 Å². The highest BCUT2D eigenvalue weighted by Gasteiger charge is 2.21. The number of aliphatic hydroxyl groups is 1. The summed E-state index contributed by atoms with van der Waals surface area (Å²) in [5.41, 5.74) is 1.76. The topological polar surface area (TPSA) is 61.8 Å². The Kier molecular flexibility index (Phi) is 4.76. The van der Waals surface area contributed by atoms with Crippen molar-refractivity contribution in [2.75, 3.05) is 25.5 Å². The molecule has 2 N–H and O–H groups in total. The minimum atomic E-state index is -0.403. The number of ether oxygens (including phenoxy) is 1. The molecule has 1 aromatic rings. The van der Waals surface area contributed by atoms with E-state index < -0.39 is 6.10 Å². The van der Waals surface area contributed by atoms with Crippen molar-refractivity contribution >= 4 is 11.7 Å². The fraction of sp³-hybridized carbons (Fsp3) is 0.500. The lowest BCUT2D eigenvalue weighted by Gasteiger charge is -2.30. The van der Waals surface area contributed by atoms with Gasteiger partial charge in [0.2, 0.25) is 0 Å². The van der Waals surface area contributed by atoms with Gasteiger partial charge in [0, 0.05) is 25.9 Å². The monoisotopic (exact) mass is 264 g/mol. The predicted octanol–water partition coefficient (Wildman–Crippen LogP) is 1.82. The van der Waals surface area contributed by atoms with Crippen molar-refractivity contribution in [3.8, 4) is 0 Å².